The van der Waals surface area contributed by atoms with Crippen molar-refractivity contribution in [2.24, 2.45) is 5.73 Å². The fraction of sp³-hybridized carbons (Fsp3) is 0.667. The van der Waals surface area contributed by atoms with Gasteiger partial charge in [-0.1, -0.05) is 12.2 Å². The zero-order chi connectivity index (χ0) is 13.3. The van der Waals surface area contributed by atoms with Gasteiger partial charge in [0.05, 0.1) is 16.2 Å². The molecule has 1 aliphatic heterocycles. The Labute approximate surface area is 118 Å². The van der Waals surface area contributed by atoms with E-state index < -0.39 is 0 Å². The van der Waals surface area contributed by atoms with Gasteiger partial charge in [-0.15, -0.1) is 11.3 Å². The normalized spacial score (nSPS) is 18.1. The first-order valence-corrected chi connectivity index (χ1v) is 7.42. The van der Waals surface area contributed by atoms with E-state index in [1.54, 1.807) is 11.3 Å². The summed E-state index contributed by atoms with van der Waals surface area (Å²) in [6, 6.07) is 0. The number of nitrogens with zero attached hydrogens (tertiary/aromatic N) is 3. The molecule has 2 heterocycles. The smallest absolute Gasteiger partial charge is 0.185 e. The molecule has 1 aromatic heterocycles. The molecule has 1 aliphatic rings. The number of aromatic nitrogens is 1. The highest BCUT2D eigenvalue weighted by atomic mass is 32.1. The van der Waals surface area contributed by atoms with Crippen LogP contribution in [0.1, 0.15) is 19.5 Å². The minimum atomic E-state index is -0.194. The van der Waals surface area contributed by atoms with E-state index in [1.165, 1.54) is 0 Å². The van der Waals surface area contributed by atoms with Crippen molar-refractivity contribution >= 4 is 33.7 Å². The van der Waals surface area contributed by atoms with Gasteiger partial charge in [-0.05, 0) is 20.8 Å². The number of hydrogen-bond donors (Lipinski definition) is 1. The zero-order valence-electron chi connectivity index (χ0n) is 11.1. The molecule has 0 aromatic carbocycles. The fourth-order valence-electron chi connectivity index (χ4n) is 2.10. The predicted octanol–water partition coefficient (Wildman–Crippen LogP) is 1.64. The number of aryl methyl sites for hydroxylation is 1. The fourth-order valence-corrected chi connectivity index (χ4v) is 3.09. The number of hydrogen-bond acceptors (Lipinski definition) is 5. The van der Waals surface area contributed by atoms with Crippen LogP contribution < -0.4 is 10.6 Å². The van der Waals surface area contributed by atoms with Crippen molar-refractivity contribution in [2.75, 3.05) is 31.1 Å². The number of thiazole rings is 1. The highest BCUT2D eigenvalue weighted by Gasteiger charge is 2.32. The predicted molar refractivity (Wildman–Crippen MR) is 81.5 cm³/mol. The van der Waals surface area contributed by atoms with Crippen LogP contribution in [0.3, 0.4) is 0 Å². The minimum Gasteiger partial charge on any atom is -0.392 e. The maximum absolute atomic E-state index is 5.82. The van der Waals surface area contributed by atoms with Crippen LogP contribution in [0, 0.1) is 6.92 Å². The van der Waals surface area contributed by atoms with Crippen LogP contribution in [0.25, 0.3) is 0 Å². The van der Waals surface area contributed by atoms with Crippen LogP contribution in [0.15, 0.2) is 5.38 Å². The third kappa shape index (κ3) is 2.65. The van der Waals surface area contributed by atoms with E-state index in [0.717, 1.165) is 37.0 Å². The lowest BCUT2D eigenvalue weighted by atomic mass is 10.0. The van der Waals surface area contributed by atoms with E-state index in [2.05, 4.69) is 34.0 Å². The molecule has 0 unspecified atom stereocenters. The van der Waals surface area contributed by atoms with Crippen LogP contribution >= 0.6 is 23.6 Å². The van der Waals surface area contributed by atoms with Gasteiger partial charge in [-0.2, -0.15) is 0 Å². The molecule has 18 heavy (non-hydrogen) atoms. The van der Waals surface area contributed by atoms with Gasteiger partial charge in [0, 0.05) is 31.6 Å². The van der Waals surface area contributed by atoms with Crippen molar-refractivity contribution < 1.29 is 0 Å². The number of piperazine rings is 1. The molecule has 100 valence electrons. The second kappa shape index (κ2) is 5.11. The van der Waals surface area contributed by atoms with Crippen LogP contribution in [-0.2, 0) is 0 Å². The van der Waals surface area contributed by atoms with Gasteiger partial charge in [0.25, 0.3) is 0 Å². The van der Waals surface area contributed by atoms with E-state index in [1.807, 2.05) is 6.92 Å². The average molecular weight is 284 g/mol. The Morgan fingerprint density at radius 3 is 2.44 bits per heavy atom. The van der Waals surface area contributed by atoms with E-state index in [0.29, 0.717) is 4.99 Å². The molecule has 2 N–H and O–H groups in total. The maximum atomic E-state index is 5.82. The summed E-state index contributed by atoms with van der Waals surface area (Å²) in [4.78, 5) is 9.79. The van der Waals surface area contributed by atoms with Gasteiger partial charge in [0.2, 0.25) is 0 Å². The SMILES string of the molecule is Cc1csc(N2CCN(C(C)(C)C(N)=S)CC2)n1. The molecule has 0 saturated carbocycles. The summed E-state index contributed by atoms with van der Waals surface area (Å²) in [5.74, 6) is 0. The lowest BCUT2D eigenvalue weighted by molar-refractivity contribution is 0.168. The highest BCUT2D eigenvalue weighted by Crippen LogP contribution is 2.24. The van der Waals surface area contributed by atoms with Crippen LogP contribution in [0.5, 0.6) is 0 Å². The van der Waals surface area contributed by atoms with E-state index in [9.17, 15) is 0 Å². The largest absolute Gasteiger partial charge is 0.392 e. The van der Waals surface area contributed by atoms with Gasteiger partial charge in [0.15, 0.2) is 5.13 Å². The van der Waals surface area contributed by atoms with Crippen molar-refractivity contribution in [3.8, 4) is 0 Å². The van der Waals surface area contributed by atoms with E-state index in [4.69, 9.17) is 18.0 Å². The standard InChI is InChI=1S/C12H20N4S2/c1-9-8-18-11(14-9)15-4-6-16(7-5-15)12(2,3)10(13)17/h8H,4-7H2,1-3H3,(H2,13,17). The monoisotopic (exact) mass is 284 g/mol. The molecule has 2 rings (SSSR count). The summed E-state index contributed by atoms with van der Waals surface area (Å²) in [6.45, 7) is 10.1. The topological polar surface area (TPSA) is 45.4 Å². The lowest BCUT2D eigenvalue weighted by Gasteiger charge is -2.43. The number of thiocarbonyl (C=S) groups is 1. The molecule has 1 aromatic rings. The third-order valence-electron chi connectivity index (χ3n) is 3.55. The summed E-state index contributed by atoms with van der Waals surface area (Å²) in [7, 11) is 0. The Balaban J connectivity index is 1.98. The van der Waals surface area contributed by atoms with Gasteiger partial charge in [0.1, 0.15) is 0 Å². The molecule has 0 radical (unpaired) electrons. The number of rotatable bonds is 3. The minimum absolute atomic E-state index is 0.194. The summed E-state index contributed by atoms with van der Waals surface area (Å²) >= 11 is 6.87. The quantitative estimate of drug-likeness (QED) is 0.855. The first-order chi connectivity index (χ1) is 8.41. The lowest BCUT2D eigenvalue weighted by Crippen LogP contribution is -2.59. The summed E-state index contributed by atoms with van der Waals surface area (Å²) < 4.78 is 0. The summed E-state index contributed by atoms with van der Waals surface area (Å²) in [5.41, 5.74) is 6.72. The number of anilines is 1. The van der Waals surface area contributed by atoms with Gasteiger partial charge in [-0.25, -0.2) is 4.98 Å². The average Bonchev–Trinajstić information content (AvgIpc) is 2.76. The van der Waals surface area contributed by atoms with Crippen molar-refractivity contribution in [3.05, 3.63) is 11.1 Å². The Bertz CT molecular complexity index is 433. The first kappa shape index (κ1) is 13.7. The number of nitrogens with two attached hydrogens (primary N) is 1. The second-order valence-corrected chi connectivity index (χ2v) is 6.45. The molecule has 0 aliphatic carbocycles. The third-order valence-corrected chi connectivity index (χ3v) is 5.07. The maximum Gasteiger partial charge on any atom is 0.185 e. The van der Waals surface area contributed by atoms with E-state index in [-0.39, 0.29) is 5.54 Å². The van der Waals surface area contributed by atoms with Crippen LogP contribution in [0.4, 0.5) is 5.13 Å². The Morgan fingerprint density at radius 1 is 1.39 bits per heavy atom. The van der Waals surface area contributed by atoms with Crippen molar-refractivity contribution in [1.82, 2.24) is 9.88 Å². The highest BCUT2D eigenvalue weighted by molar-refractivity contribution is 7.80. The molecule has 1 saturated heterocycles. The molecule has 4 nitrogen and oxygen atoms in total. The van der Waals surface area contributed by atoms with Gasteiger partial charge < -0.3 is 10.6 Å². The van der Waals surface area contributed by atoms with E-state index >= 15 is 0 Å². The summed E-state index contributed by atoms with van der Waals surface area (Å²) in [6.07, 6.45) is 0. The zero-order valence-corrected chi connectivity index (χ0v) is 12.8. The van der Waals surface area contributed by atoms with Gasteiger partial charge >= 0.3 is 0 Å². The van der Waals surface area contributed by atoms with Crippen LogP contribution in [0.2, 0.25) is 0 Å². The van der Waals surface area contributed by atoms with Crippen molar-refractivity contribution in [3.63, 3.8) is 0 Å². The van der Waals surface area contributed by atoms with Crippen molar-refractivity contribution in [1.29, 1.82) is 0 Å². The van der Waals surface area contributed by atoms with Gasteiger partial charge in [-0.3, -0.25) is 4.90 Å². The summed E-state index contributed by atoms with van der Waals surface area (Å²) in [5, 5.41) is 3.22. The molecular formula is C12H20N4S2. The molecule has 0 spiro atoms. The Morgan fingerprint density at radius 2 is 2.00 bits per heavy atom. The molecule has 0 amide bonds. The van der Waals surface area contributed by atoms with Crippen molar-refractivity contribution in [2.45, 2.75) is 26.3 Å². The molecule has 0 bridgehead atoms. The Hall–Kier alpha value is -0.720. The first-order valence-electron chi connectivity index (χ1n) is 6.13. The second-order valence-electron chi connectivity index (χ2n) is 5.17. The molecular weight excluding hydrogens is 264 g/mol. The van der Waals surface area contributed by atoms with Crippen LogP contribution in [-0.4, -0.2) is 46.6 Å². The molecule has 0 atom stereocenters. The molecule has 1 fully saturated rings. The molecule has 6 heteroatoms. The Kier molecular flexibility index (Phi) is 3.89.